The second-order valence-corrected chi connectivity index (χ2v) is 4.53. The molecule has 0 aromatic carbocycles. The lowest BCUT2D eigenvalue weighted by Gasteiger charge is -2.21. The molecule has 1 unspecified atom stereocenters. The summed E-state index contributed by atoms with van der Waals surface area (Å²) < 4.78 is 5.38. The van der Waals surface area contributed by atoms with E-state index in [1.54, 1.807) is 0 Å². The van der Waals surface area contributed by atoms with Gasteiger partial charge in [-0.1, -0.05) is 0 Å². The van der Waals surface area contributed by atoms with E-state index in [2.05, 4.69) is 10.3 Å². The molecule has 4 nitrogen and oxygen atoms in total. The summed E-state index contributed by atoms with van der Waals surface area (Å²) >= 11 is 1.53. The molecule has 0 bridgehead atoms. The number of hydrogen-bond acceptors (Lipinski definition) is 5. The Morgan fingerprint density at radius 2 is 2.67 bits per heavy atom. The molecule has 0 radical (unpaired) electrons. The van der Waals surface area contributed by atoms with E-state index in [1.165, 1.54) is 11.3 Å². The number of ketones is 1. The number of thiazole rings is 1. The van der Waals surface area contributed by atoms with Gasteiger partial charge in [-0.3, -0.25) is 4.79 Å². The third-order valence-electron chi connectivity index (χ3n) is 2.28. The molecule has 1 aromatic rings. The van der Waals surface area contributed by atoms with E-state index in [0.29, 0.717) is 19.6 Å². The molecule has 0 saturated carbocycles. The Morgan fingerprint density at radius 3 is 3.27 bits per heavy atom. The third-order valence-corrected chi connectivity index (χ3v) is 3.25. The molecule has 0 aliphatic carbocycles. The first kappa shape index (κ1) is 10.7. The summed E-state index contributed by atoms with van der Waals surface area (Å²) in [4.78, 5) is 16.0. The summed E-state index contributed by atoms with van der Waals surface area (Å²) in [5.74, 6) is 0.122. The maximum absolute atomic E-state index is 11.8. The van der Waals surface area contributed by atoms with E-state index >= 15 is 0 Å². The van der Waals surface area contributed by atoms with Crippen molar-refractivity contribution in [2.45, 2.75) is 19.4 Å². The quantitative estimate of drug-likeness (QED) is 0.818. The number of Topliss-reactive ketones (excluding diaryl/α,β-unsaturated/α-hetero) is 1. The summed E-state index contributed by atoms with van der Waals surface area (Å²) in [5, 5.41) is 5.99. The van der Waals surface area contributed by atoms with E-state index in [-0.39, 0.29) is 11.9 Å². The highest BCUT2D eigenvalue weighted by atomic mass is 32.1. The number of aryl methyl sites for hydroxylation is 1. The van der Waals surface area contributed by atoms with Crippen molar-refractivity contribution in [3.8, 4) is 0 Å². The van der Waals surface area contributed by atoms with Crippen molar-refractivity contribution < 1.29 is 9.53 Å². The van der Waals surface area contributed by atoms with Gasteiger partial charge in [-0.2, -0.15) is 0 Å². The number of hydrogen-bond donors (Lipinski definition) is 1. The molecule has 82 valence electrons. The van der Waals surface area contributed by atoms with Gasteiger partial charge in [-0.15, -0.1) is 11.3 Å². The Morgan fingerprint density at radius 1 is 1.80 bits per heavy atom. The molecular weight excluding hydrogens is 212 g/mol. The van der Waals surface area contributed by atoms with Crippen molar-refractivity contribution in [2.24, 2.45) is 0 Å². The highest BCUT2D eigenvalue weighted by Gasteiger charge is 2.22. The van der Waals surface area contributed by atoms with Crippen LogP contribution in [0.4, 0.5) is 0 Å². The Bertz CT molecular complexity index is 345. The van der Waals surface area contributed by atoms with Gasteiger partial charge in [0.05, 0.1) is 13.0 Å². The fourth-order valence-corrected chi connectivity index (χ4v) is 2.30. The predicted molar refractivity (Wildman–Crippen MR) is 58.2 cm³/mol. The van der Waals surface area contributed by atoms with Gasteiger partial charge in [0.1, 0.15) is 11.1 Å². The SMILES string of the molecule is Cc1csc(CC(=O)C2CNCCO2)n1. The third kappa shape index (κ3) is 2.84. The monoisotopic (exact) mass is 226 g/mol. The molecule has 1 N–H and O–H groups in total. The number of morpholine rings is 1. The first-order chi connectivity index (χ1) is 7.25. The van der Waals surface area contributed by atoms with Crippen LogP contribution in [0.1, 0.15) is 10.7 Å². The summed E-state index contributed by atoms with van der Waals surface area (Å²) in [6.07, 6.45) is 0.105. The van der Waals surface area contributed by atoms with Gasteiger partial charge < -0.3 is 10.1 Å². The Labute approximate surface area is 92.7 Å². The van der Waals surface area contributed by atoms with Gasteiger partial charge >= 0.3 is 0 Å². The molecule has 1 aliphatic heterocycles. The first-order valence-corrected chi connectivity index (χ1v) is 5.90. The number of ether oxygens (including phenoxy) is 1. The number of rotatable bonds is 3. The molecule has 5 heteroatoms. The normalized spacial score (nSPS) is 21.5. The Hall–Kier alpha value is -0.780. The van der Waals surface area contributed by atoms with Crippen LogP contribution < -0.4 is 5.32 Å². The lowest BCUT2D eigenvalue weighted by Crippen LogP contribution is -2.43. The maximum atomic E-state index is 11.8. The average Bonchev–Trinajstić information content (AvgIpc) is 2.65. The van der Waals surface area contributed by atoms with Crippen LogP contribution >= 0.6 is 11.3 Å². The second-order valence-electron chi connectivity index (χ2n) is 3.59. The molecular formula is C10H14N2O2S. The van der Waals surface area contributed by atoms with Crippen molar-refractivity contribution in [1.29, 1.82) is 0 Å². The van der Waals surface area contributed by atoms with Crippen molar-refractivity contribution in [3.63, 3.8) is 0 Å². The molecule has 15 heavy (non-hydrogen) atoms. The van der Waals surface area contributed by atoms with Gasteiger partial charge in [-0.05, 0) is 6.92 Å². The van der Waals surface area contributed by atoms with Crippen LogP contribution in [0.2, 0.25) is 0 Å². The number of nitrogens with one attached hydrogen (secondary N) is 1. The summed E-state index contributed by atoms with van der Waals surface area (Å²) in [6.45, 7) is 4.01. The van der Waals surface area contributed by atoms with Crippen LogP contribution in [-0.4, -0.2) is 36.6 Å². The van der Waals surface area contributed by atoms with E-state index in [4.69, 9.17) is 4.74 Å². The number of nitrogens with zero attached hydrogens (tertiary/aromatic N) is 1. The number of carbonyl (C=O) groups excluding carboxylic acids is 1. The van der Waals surface area contributed by atoms with Crippen LogP contribution in [0.5, 0.6) is 0 Å². The lowest BCUT2D eigenvalue weighted by molar-refractivity contribution is -0.131. The topological polar surface area (TPSA) is 51.2 Å². The Kier molecular flexibility index (Phi) is 3.45. The van der Waals surface area contributed by atoms with E-state index in [9.17, 15) is 4.79 Å². The minimum absolute atomic E-state index is 0.122. The number of carbonyl (C=O) groups is 1. The van der Waals surface area contributed by atoms with Crippen molar-refractivity contribution in [2.75, 3.05) is 19.7 Å². The zero-order chi connectivity index (χ0) is 10.7. The van der Waals surface area contributed by atoms with E-state index in [1.807, 2.05) is 12.3 Å². The van der Waals surface area contributed by atoms with Gasteiger partial charge in [0.25, 0.3) is 0 Å². The predicted octanol–water partition coefficient (Wildman–Crippen LogP) is 0.552. The fourth-order valence-electron chi connectivity index (χ4n) is 1.52. The van der Waals surface area contributed by atoms with E-state index in [0.717, 1.165) is 17.2 Å². The minimum atomic E-state index is -0.289. The summed E-state index contributed by atoms with van der Waals surface area (Å²) in [7, 11) is 0. The van der Waals surface area contributed by atoms with Gasteiger partial charge in [-0.25, -0.2) is 4.98 Å². The molecule has 1 atom stereocenters. The Balaban J connectivity index is 1.91. The largest absolute Gasteiger partial charge is 0.368 e. The number of aromatic nitrogens is 1. The fraction of sp³-hybridized carbons (Fsp3) is 0.600. The highest BCUT2D eigenvalue weighted by molar-refractivity contribution is 7.09. The first-order valence-electron chi connectivity index (χ1n) is 5.02. The average molecular weight is 226 g/mol. The molecule has 0 spiro atoms. The zero-order valence-electron chi connectivity index (χ0n) is 8.66. The lowest BCUT2D eigenvalue weighted by atomic mass is 10.1. The highest BCUT2D eigenvalue weighted by Crippen LogP contribution is 2.11. The van der Waals surface area contributed by atoms with Crippen LogP contribution in [0.15, 0.2) is 5.38 Å². The molecule has 2 rings (SSSR count). The van der Waals surface area contributed by atoms with Crippen molar-refractivity contribution in [3.05, 3.63) is 16.1 Å². The van der Waals surface area contributed by atoms with Crippen LogP contribution in [0.3, 0.4) is 0 Å². The zero-order valence-corrected chi connectivity index (χ0v) is 9.47. The molecule has 0 amide bonds. The van der Waals surface area contributed by atoms with Crippen molar-refractivity contribution in [1.82, 2.24) is 10.3 Å². The summed E-state index contributed by atoms with van der Waals surface area (Å²) in [5.41, 5.74) is 0.977. The van der Waals surface area contributed by atoms with Crippen molar-refractivity contribution >= 4 is 17.1 Å². The smallest absolute Gasteiger partial charge is 0.169 e. The molecule has 1 aliphatic rings. The van der Waals surface area contributed by atoms with Crippen LogP contribution in [0, 0.1) is 6.92 Å². The van der Waals surface area contributed by atoms with E-state index < -0.39 is 0 Å². The molecule has 2 heterocycles. The standard InChI is InChI=1S/C10H14N2O2S/c1-7-6-15-10(12-7)4-8(13)9-5-11-2-3-14-9/h6,9,11H,2-5H2,1H3. The molecule has 1 fully saturated rings. The minimum Gasteiger partial charge on any atom is -0.368 e. The molecule has 1 aromatic heterocycles. The van der Waals surface area contributed by atoms with Crippen LogP contribution in [-0.2, 0) is 16.0 Å². The van der Waals surface area contributed by atoms with Crippen LogP contribution in [0.25, 0.3) is 0 Å². The van der Waals surface area contributed by atoms with Gasteiger partial charge in [0.15, 0.2) is 5.78 Å². The summed E-state index contributed by atoms with van der Waals surface area (Å²) in [6, 6.07) is 0. The van der Waals surface area contributed by atoms with Gasteiger partial charge in [0.2, 0.25) is 0 Å². The van der Waals surface area contributed by atoms with Gasteiger partial charge in [0, 0.05) is 24.2 Å². The molecule has 1 saturated heterocycles. The maximum Gasteiger partial charge on any atom is 0.169 e. The second kappa shape index (κ2) is 4.83.